The van der Waals surface area contributed by atoms with Crippen molar-refractivity contribution in [2.24, 2.45) is 23.7 Å². The van der Waals surface area contributed by atoms with E-state index in [1.54, 1.807) is 6.07 Å². The Bertz CT molecular complexity index is 1630. The lowest BCUT2D eigenvalue weighted by molar-refractivity contribution is -0.142. The van der Waals surface area contributed by atoms with E-state index in [4.69, 9.17) is 9.97 Å². The van der Waals surface area contributed by atoms with Crippen molar-refractivity contribution >= 4 is 34.8 Å². The summed E-state index contributed by atoms with van der Waals surface area (Å²) < 4.78 is 0. The molecule has 3 aromatic rings. The number of hydrogen-bond acceptors (Lipinski definition) is 7. The van der Waals surface area contributed by atoms with Crippen molar-refractivity contribution in [1.82, 2.24) is 20.6 Å². The Morgan fingerprint density at radius 1 is 0.882 bits per heavy atom. The Balaban J connectivity index is 1.07. The highest BCUT2D eigenvalue weighted by atomic mass is 32.1. The zero-order valence-electron chi connectivity index (χ0n) is 30.7. The minimum atomic E-state index is -1.05. The molecule has 6 rings (SSSR count). The quantitative estimate of drug-likeness (QED) is 0.166. The van der Waals surface area contributed by atoms with Crippen LogP contribution >= 0.6 is 11.3 Å². The summed E-state index contributed by atoms with van der Waals surface area (Å²) in [7, 11) is 0. The molecule has 3 aliphatic rings. The summed E-state index contributed by atoms with van der Waals surface area (Å²) in [4.78, 5) is 52.2. The Labute approximate surface area is 307 Å². The predicted molar refractivity (Wildman–Crippen MR) is 203 cm³/mol. The van der Waals surface area contributed by atoms with E-state index in [2.05, 4.69) is 43.2 Å². The lowest BCUT2D eigenvalue weighted by Crippen LogP contribution is -2.53. The van der Waals surface area contributed by atoms with Crippen molar-refractivity contribution in [2.75, 3.05) is 18.0 Å². The molecule has 3 heterocycles. The Kier molecular flexibility index (Phi) is 11.8. The summed E-state index contributed by atoms with van der Waals surface area (Å²) in [6.45, 7) is 10.7. The van der Waals surface area contributed by atoms with Crippen molar-refractivity contribution < 1.29 is 19.5 Å². The van der Waals surface area contributed by atoms with Gasteiger partial charge in [-0.2, -0.15) is 0 Å². The number of piperidine rings is 1. The molecule has 0 radical (unpaired) electrons. The number of thiophene rings is 1. The zero-order chi connectivity index (χ0) is 36.1. The fourth-order valence-electron chi connectivity index (χ4n) is 8.01. The van der Waals surface area contributed by atoms with E-state index in [1.807, 2.05) is 42.7 Å². The summed E-state index contributed by atoms with van der Waals surface area (Å²) in [5.74, 6) is 1.35. The fraction of sp³-hybridized carbons (Fsp3) is 0.585. The lowest BCUT2D eigenvalue weighted by atomic mass is 9.72. The van der Waals surface area contributed by atoms with Crippen LogP contribution in [0.25, 0.3) is 11.4 Å². The second-order valence-corrected chi connectivity index (χ2v) is 17.2. The van der Waals surface area contributed by atoms with Gasteiger partial charge in [-0.15, -0.1) is 11.3 Å². The van der Waals surface area contributed by atoms with E-state index in [9.17, 15) is 19.5 Å². The standard InChI is InChI=1S/C41H55N5O4S/c1-5-6-26-7-11-28(12-8-26)29-19-21-46(22-20-29)32-24-42-37(43-25-32)31-13-9-27(10-14-31)23-33(38(47)45-36(40(49)50)30-15-16-30)44-39(48)34-17-18-35(51-34)41(2,3)4/h9-10,13-14,17-18,24-26,28-30,33,36H,5-8,11-12,15-16,19-23H2,1-4H3,(H,44,48)(H,45,47)(H,49,50)/t26?,28?,33-,36+/m0/s1. The van der Waals surface area contributed by atoms with Crippen LogP contribution in [0.1, 0.15) is 112 Å². The number of benzene rings is 1. The molecule has 3 N–H and O–H groups in total. The molecular formula is C41H55N5O4S. The molecule has 1 saturated heterocycles. The first-order valence-electron chi connectivity index (χ1n) is 19.1. The average Bonchev–Trinajstić information content (AvgIpc) is 3.83. The van der Waals surface area contributed by atoms with E-state index >= 15 is 0 Å². The molecule has 2 atom stereocenters. The Hall–Kier alpha value is -3.79. The molecule has 10 heteroatoms. The van der Waals surface area contributed by atoms with Crippen LogP contribution < -0.4 is 15.5 Å². The summed E-state index contributed by atoms with van der Waals surface area (Å²) in [5, 5.41) is 15.3. The molecule has 2 aromatic heterocycles. The number of carbonyl (C=O) groups excluding carboxylic acids is 2. The first-order chi connectivity index (χ1) is 24.5. The number of aromatic nitrogens is 2. The number of hydrogen-bond donors (Lipinski definition) is 3. The van der Waals surface area contributed by atoms with E-state index in [0.29, 0.717) is 10.7 Å². The van der Waals surface area contributed by atoms with Crippen LogP contribution in [0, 0.1) is 23.7 Å². The minimum Gasteiger partial charge on any atom is -0.480 e. The number of carboxylic acids is 1. The molecule has 1 aromatic carbocycles. The van der Waals surface area contributed by atoms with Gasteiger partial charge >= 0.3 is 5.97 Å². The highest BCUT2D eigenvalue weighted by molar-refractivity contribution is 7.14. The highest BCUT2D eigenvalue weighted by Crippen LogP contribution is 2.40. The second-order valence-electron chi connectivity index (χ2n) is 16.2. The van der Waals surface area contributed by atoms with Crippen LogP contribution in [0.3, 0.4) is 0 Å². The summed E-state index contributed by atoms with van der Waals surface area (Å²) >= 11 is 1.40. The van der Waals surface area contributed by atoms with Gasteiger partial charge in [-0.25, -0.2) is 14.8 Å². The van der Waals surface area contributed by atoms with Gasteiger partial charge in [0.2, 0.25) is 5.91 Å². The second kappa shape index (κ2) is 16.3. The van der Waals surface area contributed by atoms with E-state index in [1.165, 1.54) is 62.7 Å². The molecule has 3 fully saturated rings. The first-order valence-corrected chi connectivity index (χ1v) is 19.9. The molecule has 2 aliphatic carbocycles. The van der Waals surface area contributed by atoms with E-state index in [0.717, 1.165) is 65.4 Å². The Morgan fingerprint density at radius 2 is 1.53 bits per heavy atom. The van der Waals surface area contributed by atoms with Crippen molar-refractivity contribution in [3.63, 3.8) is 0 Å². The molecule has 2 saturated carbocycles. The topological polar surface area (TPSA) is 125 Å². The van der Waals surface area contributed by atoms with Crippen molar-refractivity contribution in [3.8, 4) is 11.4 Å². The monoisotopic (exact) mass is 713 g/mol. The third-order valence-corrected chi connectivity index (χ3v) is 12.8. The summed E-state index contributed by atoms with van der Waals surface area (Å²) in [6.07, 6.45) is 16.5. The van der Waals surface area contributed by atoms with Gasteiger partial charge in [0.25, 0.3) is 5.91 Å². The SMILES string of the molecule is CCCC1CCC(C2CCN(c3cnc(-c4ccc(C[C@H](NC(=O)c5ccc(C(C)(C)C)s5)C(=O)N[C@@H](C(=O)O)C5CC5)cc4)nc3)CC2)CC1. The summed E-state index contributed by atoms with van der Waals surface area (Å²) in [5.41, 5.74) is 2.66. The molecule has 0 unspecified atom stereocenters. The maximum atomic E-state index is 13.5. The smallest absolute Gasteiger partial charge is 0.326 e. The van der Waals surface area contributed by atoms with E-state index < -0.39 is 24.0 Å². The normalized spacial score (nSPS) is 21.1. The maximum Gasteiger partial charge on any atom is 0.326 e. The van der Waals surface area contributed by atoms with Crippen molar-refractivity contribution in [1.29, 1.82) is 0 Å². The van der Waals surface area contributed by atoms with Gasteiger partial charge < -0.3 is 20.6 Å². The van der Waals surface area contributed by atoms with Gasteiger partial charge in [0.15, 0.2) is 5.82 Å². The summed E-state index contributed by atoms with van der Waals surface area (Å²) in [6, 6.07) is 9.51. The molecule has 0 bridgehead atoms. The molecular weight excluding hydrogens is 659 g/mol. The average molecular weight is 714 g/mol. The fourth-order valence-corrected chi connectivity index (χ4v) is 8.98. The van der Waals surface area contributed by atoms with Gasteiger partial charge in [0, 0.05) is 30.0 Å². The predicted octanol–water partition coefficient (Wildman–Crippen LogP) is 7.65. The number of rotatable bonds is 13. The Morgan fingerprint density at radius 3 is 2.10 bits per heavy atom. The van der Waals surface area contributed by atoms with E-state index in [-0.39, 0.29) is 23.7 Å². The van der Waals surface area contributed by atoms with Crippen LogP contribution in [0.2, 0.25) is 0 Å². The maximum absolute atomic E-state index is 13.5. The molecule has 9 nitrogen and oxygen atoms in total. The third kappa shape index (κ3) is 9.56. The highest BCUT2D eigenvalue weighted by Gasteiger charge is 2.39. The van der Waals surface area contributed by atoms with Gasteiger partial charge in [-0.05, 0) is 85.3 Å². The number of anilines is 1. The molecule has 51 heavy (non-hydrogen) atoms. The number of aliphatic carboxylic acids is 1. The number of carbonyl (C=O) groups is 3. The third-order valence-electron chi connectivity index (χ3n) is 11.3. The van der Waals surface area contributed by atoms with Crippen LogP contribution in [-0.4, -0.2) is 58.0 Å². The van der Waals surface area contributed by atoms with Crippen LogP contribution in [-0.2, 0) is 21.4 Å². The number of carboxylic acid groups (broad SMARTS) is 1. The van der Waals surface area contributed by atoms with Crippen LogP contribution in [0.4, 0.5) is 5.69 Å². The van der Waals surface area contributed by atoms with Gasteiger partial charge in [0.05, 0.1) is 23.0 Å². The van der Waals surface area contributed by atoms with Crippen molar-refractivity contribution in [3.05, 3.63) is 64.1 Å². The minimum absolute atomic E-state index is 0.0768. The molecule has 0 spiro atoms. The van der Waals surface area contributed by atoms with Crippen LogP contribution in [0.15, 0.2) is 48.8 Å². The first kappa shape index (κ1) is 37.0. The molecule has 2 amide bonds. The molecule has 1 aliphatic heterocycles. The number of nitrogens with zero attached hydrogens (tertiary/aromatic N) is 3. The number of nitrogens with one attached hydrogen (secondary N) is 2. The van der Waals surface area contributed by atoms with Gasteiger partial charge in [-0.3, -0.25) is 9.59 Å². The van der Waals surface area contributed by atoms with Gasteiger partial charge in [-0.1, -0.05) is 77.6 Å². The number of amides is 2. The lowest BCUT2D eigenvalue weighted by Gasteiger charge is -2.39. The zero-order valence-corrected chi connectivity index (χ0v) is 31.5. The van der Waals surface area contributed by atoms with Crippen LogP contribution in [0.5, 0.6) is 0 Å². The van der Waals surface area contributed by atoms with Gasteiger partial charge in [0.1, 0.15) is 12.1 Å². The largest absolute Gasteiger partial charge is 0.480 e. The van der Waals surface area contributed by atoms with Crippen molar-refractivity contribution in [2.45, 2.75) is 116 Å². The molecule has 274 valence electrons.